The van der Waals surface area contributed by atoms with Gasteiger partial charge in [0.2, 0.25) is 0 Å². The van der Waals surface area contributed by atoms with Gasteiger partial charge in [0.15, 0.2) is 0 Å². The first-order valence-electron chi connectivity index (χ1n) is 8.61. The molecule has 25 heavy (non-hydrogen) atoms. The lowest BCUT2D eigenvalue weighted by molar-refractivity contribution is -0.0886. The Labute approximate surface area is 154 Å². The first kappa shape index (κ1) is 16.7. The normalized spacial score (nSPS) is 26.3. The summed E-state index contributed by atoms with van der Waals surface area (Å²) in [5.41, 5.74) is 0.621. The molecule has 1 amide bonds. The average Bonchev–Trinajstić information content (AvgIpc) is 3.14. The summed E-state index contributed by atoms with van der Waals surface area (Å²) < 4.78 is 2.33. The number of amides is 1. The summed E-state index contributed by atoms with van der Waals surface area (Å²) in [7, 11) is 0. The van der Waals surface area contributed by atoms with Crippen LogP contribution in [0.1, 0.15) is 42.5 Å². The Hall–Kier alpha value is -1.80. The number of hydrogen-bond donors (Lipinski definition) is 1. The fourth-order valence-electron chi connectivity index (χ4n) is 4.08. The SMILES string of the molecule is O=C(c1cc(Br)ccc1-n1cnnn1)N1CC[C@]2(O)CCCC[C@@H]2C1. The van der Waals surface area contributed by atoms with Gasteiger partial charge < -0.3 is 10.0 Å². The van der Waals surface area contributed by atoms with Crippen molar-refractivity contribution in [1.82, 2.24) is 25.1 Å². The number of carbonyl (C=O) groups is 1. The number of benzene rings is 1. The van der Waals surface area contributed by atoms with Gasteiger partial charge in [0.1, 0.15) is 6.33 Å². The van der Waals surface area contributed by atoms with Crippen LogP contribution in [0.25, 0.3) is 5.69 Å². The van der Waals surface area contributed by atoms with Gasteiger partial charge in [-0.25, -0.2) is 0 Å². The maximum Gasteiger partial charge on any atom is 0.256 e. The lowest BCUT2D eigenvalue weighted by Crippen LogP contribution is -2.54. The molecule has 2 atom stereocenters. The predicted molar refractivity (Wildman–Crippen MR) is 94.3 cm³/mol. The minimum atomic E-state index is -0.592. The van der Waals surface area contributed by atoms with Crippen molar-refractivity contribution in [2.45, 2.75) is 37.7 Å². The molecular weight excluding hydrogens is 386 g/mol. The zero-order valence-corrected chi connectivity index (χ0v) is 15.4. The van der Waals surface area contributed by atoms with E-state index < -0.39 is 5.60 Å². The van der Waals surface area contributed by atoms with E-state index in [9.17, 15) is 9.90 Å². The fraction of sp³-hybridized carbons (Fsp3) is 0.529. The van der Waals surface area contributed by atoms with Crippen molar-refractivity contribution in [3.8, 4) is 5.69 Å². The third-order valence-corrected chi connectivity index (χ3v) is 5.99. The Balaban J connectivity index is 1.62. The number of piperidine rings is 1. The Morgan fingerprint density at radius 3 is 3.00 bits per heavy atom. The van der Waals surface area contributed by atoms with Gasteiger partial charge in [-0.2, -0.15) is 4.68 Å². The molecule has 2 fully saturated rings. The van der Waals surface area contributed by atoms with Crippen molar-refractivity contribution in [2.24, 2.45) is 5.92 Å². The number of hydrogen-bond acceptors (Lipinski definition) is 5. The highest BCUT2D eigenvalue weighted by atomic mass is 79.9. The Morgan fingerprint density at radius 2 is 2.20 bits per heavy atom. The quantitative estimate of drug-likeness (QED) is 0.827. The number of tetrazole rings is 1. The van der Waals surface area contributed by atoms with E-state index in [4.69, 9.17) is 0 Å². The van der Waals surface area contributed by atoms with Crippen LogP contribution in [-0.2, 0) is 0 Å². The summed E-state index contributed by atoms with van der Waals surface area (Å²) in [6.07, 6.45) is 6.18. The van der Waals surface area contributed by atoms with Crippen LogP contribution >= 0.6 is 15.9 Å². The van der Waals surface area contributed by atoms with E-state index in [1.54, 1.807) is 6.07 Å². The van der Waals surface area contributed by atoms with Crippen LogP contribution < -0.4 is 0 Å². The minimum Gasteiger partial charge on any atom is -0.389 e. The van der Waals surface area contributed by atoms with Crippen molar-refractivity contribution in [3.05, 3.63) is 34.6 Å². The van der Waals surface area contributed by atoms with Gasteiger partial charge >= 0.3 is 0 Å². The van der Waals surface area contributed by atoms with Crippen LogP contribution in [0, 0.1) is 5.92 Å². The molecule has 0 radical (unpaired) electrons. The standard InChI is InChI=1S/C17H20BrN5O2/c18-13-4-5-15(23-11-19-20-21-23)14(9-13)16(24)22-8-7-17(25)6-2-1-3-12(17)10-22/h4-5,9,11-12,25H,1-3,6-8,10H2/t12-,17-/m1/s1. The molecule has 0 unspecified atom stereocenters. The molecule has 1 aliphatic carbocycles. The highest BCUT2D eigenvalue weighted by Crippen LogP contribution is 2.40. The summed E-state index contributed by atoms with van der Waals surface area (Å²) >= 11 is 3.44. The van der Waals surface area contributed by atoms with Crippen molar-refractivity contribution in [1.29, 1.82) is 0 Å². The summed E-state index contributed by atoms with van der Waals surface area (Å²) in [5, 5.41) is 22.1. The summed E-state index contributed by atoms with van der Waals surface area (Å²) in [6, 6.07) is 5.50. The molecule has 8 heteroatoms. The van der Waals surface area contributed by atoms with Gasteiger partial charge in [-0.3, -0.25) is 4.79 Å². The first-order valence-corrected chi connectivity index (χ1v) is 9.41. The second-order valence-electron chi connectivity index (χ2n) is 6.96. The highest BCUT2D eigenvalue weighted by molar-refractivity contribution is 9.10. The van der Waals surface area contributed by atoms with Crippen LogP contribution in [0.5, 0.6) is 0 Å². The number of halogens is 1. The molecule has 1 aromatic heterocycles. The van der Waals surface area contributed by atoms with Gasteiger partial charge in [0, 0.05) is 23.5 Å². The molecule has 132 valence electrons. The lowest BCUT2D eigenvalue weighted by atomic mass is 9.71. The molecule has 4 rings (SSSR count). The van der Waals surface area contributed by atoms with E-state index in [0.717, 1.165) is 30.2 Å². The molecule has 7 nitrogen and oxygen atoms in total. The molecule has 2 heterocycles. The molecule has 0 spiro atoms. The molecule has 1 aromatic carbocycles. The second kappa shape index (κ2) is 6.49. The van der Waals surface area contributed by atoms with E-state index in [1.807, 2.05) is 17.0 Å². The van der Waals surface area contributed by atoms with Crippen molar-refractivity contribution in [2.75, 3.05) is 13.1 Å². The van der Waals surface area contributed by atoms with Crippen molar-refractivity contribution < 1.29 is 9.90 Å². The number of nitrogens with zero attached hydrogens (tertiary/aromatic N) is 5. The monoisotopic (exact) mass is 405 g/mol. The third kappa shape index (κ3) is 3.08. The van der Waals surface area contributed by atoms with Crippen molar-refractivity contribution >= 4 is 21.8 Å². The Bertz CT molecular complexity index is 781. The number of rotatable bonds is 2. The second-order valence-corrected chi connectivity index (χ2v) is 7.88. The Morgan fingerprint density at radius 1 is 1.32 bits per heavy atom. The minimum absolute atomic E-state index is 0.0422. The topological polar surface area (TPSA) is 84.1 Å². The molecule has 0 bridgehead atoms. The number of likely N-dealkylation sites (tertiary alicyclic amines) is 1. The Kier molecular flexibility index (Phi) is 4.33. The molecule has 2 aliphatic rings. The molecule has 1 saturated carbocycles. The van der Waals surface area contributed by atoms with Crippen molar-refractivity contribution in [3.63, 3.8) is 0 Å². The highest BCUT2D eigenvalue weighted by Gasteiger charge is 2.44. The van der Waals surface area contributed by atoms with E-state index in [-0.39, 0.29) is 11.8 Å². The number of aliphatic hydroxyl groups is 1. The molecule has 1 saturated heterocycles. The van der Waals surface area contributed by atoms with E-state index in [0.29, 0.717) is 30.8 Å². The molecule has 1 aliphatic heterocycles. The number of aromatic nitrogens is 4. The van der Waals surface area contributed by atoms with Crippen LogP contribution in [0.2, 0.25) is 0 Å². The summed E-state index contributed by atoms with van der Waals surface area (Å²) in [5.74, 6) is 0.127. The van der Waals surface area contributed by atoms with E-state index in [2.05, 4.69) is 31.5 Å². The van der Waals surface area contributed by atoms with E-state index >= 15 is 0 Å². The van der Waals surface area contributed by atoms with Crippen LogP contribution in [0.4, 0.5) is 0 Å². The predicted octanol–water partition coefficient (Wildman–Crippen LogP) is 2.19. The lowest BCUT2D eigenvalue weighted by Gasteiger charge is -2.47. The number of carbonyl (C=O) groups excluding carboxylic acids is 1. The maximum atomic E-state index is 13.2. The smallest absolute Gasteiger partial charge is 0.256 e. The summed E-state index contributed by atoms with van der Waals surface area (Å²) in [6.45, 7) is 1.18. The zero-order valence-electron chi connectivity index (χ0n) is 13.8. The molecular formula is C17H20BrN5O2. The van der Waals surface area contributed by atoms with Gasteiger partial charge in [-0.15, -0.1) is 5.10 Å². The fourth-order valence-corrected chi connectivity index (χ4v) is 4.44. The van der Waals surface area contributed by atoms with Crippen LogP contribution in [0.15, 0.2) is 29.0 Å². The maximum absolute atomic E-state index is 13.2. The molecule has 1 N–H and O–H groups in total. The van der Waals surface area contributed by atoms with Gasteiger partial charge in [-0.05, 0) is 47.9 Å². The third-order valence-electron chi connectivity index (χ3n) is 5.50. The van der Waals surface area contributed by atoms with Gasteiger partial charge in [-0.1, -0.05) is 28.8 Å². The summed E-state index contributed by atoms with van der Waals surface area (Å²) in [4.78, 5) is 15.0. The van der Waals surface area contributed by atoms with Gasteiger partial charge in [0.25, 0.3) is 5.91 Å². The average molecular weight is 406 g/mol. The number of fused-ring (bicyclic) bond motifs is 1. The molecule has 2 aromatic rings. The first-order chi connectivity index (χ1) is 12.1. The largest absolute Gasteiger partial charge is 0.389 e. The van der Waals surface area contributed by atoms with E-state index in [1.165, 1.54) is 11.0 Å². The van der Waals surface area contributed by atoms with Crippen LogP contribution in [-0.4, -0.2) is 54.8 Å². The van der Waals surface area contributed by atoms with Crippen LogP contribution in [0.3, 0.4) is 0 Å². The zero-order chi connectivity index (χ0) is 17.4. The van der Waals surface area contributed by atoms with Gasteiger partial charge in [0.05, 0.1) is 16.9 Å².